The van der Waals surface area contributed by atoms with E-state index < -0.39 is 0 Å². The van der Waals surface area contributed by atoms with Crippen LogP contribution in [0.15, 0.2) is 36.5 Å². The Morgan fingerprint density at radius 3 is 2.53 bits per heavy atom. The summed E-state index contributed by atoms with van der Waals surface area (Å²) in [7, 11) is 0. The van der Waals surface area contributed by atoms with Crippen LogP contribution >= 0.6 is 11.6 Å². The second-order valence-electron chi connectivity index (χ2n) is 3.06. The molecule has 0 amide bonds. The van der Waals surface area contributed by atoms with Crippen LogP contribution in [0, 0.1) is 11.3 Å². The first-order chi connectivity index (χ1) is 7.18. The number of benzene rings is 1. The average Bonchev–Trinajstić information content (AvgIpc) is 2.20. The van der Waals surface area contributed by atoms with Crippen LogP contribution in [0.4, 0.5) is 5.69 Å². The van der Waals surface area contributed by atoms with Gasteiger partial charge in [0.1, 0.15) is 5.69 Å². The molecule has 3 nitrogen and oxygen atoms in total. The van der Waals surface area contributed by atoms with Gasteiger partial charge in [0.25, 0.3) is 0 Å². The number of hydrogen-bond acceptors (Lipinski definition) is 2. The third-order valence-corrected chi connectivity index (χ3v) is 2.29. The molecule has 0 atom stereocenters. The SMILES string of the molecule is Nc1[c]cc[n+]([O-])c1-c1ccc(Cl)cc1. The highest BCUT2D eigenvalue weighted by Gasteiger charge is 2.12. The summed E-state index contributed by atoms with van der Waals surface area (Å²) in [6.07, 6.45) is 1.36. The summed E-state index contributed by atoms with van der Waals surface area (Å²) in [6, 6.07) is 11.2. The van der Waals surface area contributed by atoms with Crippen LogP contribution in [0.3, 0.4) is 0 Å². The standard InChI is InChI=1S/C11H8ClN2O/c12-9-5-3-8(4-6-9)11-10(13)2-1-7-14(11)15/h1,3-7H,13H2. The Hall–Kier alpha value is -1.74. The van der Waals surface area contributed by atoms with Crippen LogP contribution in [0.2, 0.25) is 5.02 Å². The largest absolute Gasteiger partial charge is 0.618 e. The molecule has 0 aliphatic carbocycles. The Kier molecular flexibility index (Phi) is 2.47. The van der Waals surface area contributed by atoms with Gasteiger partial charge in [0.05, 0.1) is 0 Å². The van der Waals surface area contributed by atoms with Crippen molar-refractivity contribution >= 4 is 17.3 Å². The van der Waals surface area contributed by atoms with E-state index in [0.29, 0.717) is 16.4 Å². The maximum atomic E-state index is 11.5. The Bertz CT molecular complexity index is 462. The molecule has 0 spiro atoms. The molecule has 0 fully saturated rings. The van der Waals surface area contributed by atoms with E-state index >= 15 is 0 Å². The van der Waals surface area contributed by atoms with E-state index in [2.05, 4.69) is 6.07 Å². The van der Waals surface area contributed by atoms with Gasteiger partial charge in [0.2, 0.25) is 5.69 Å². The van der Waals surface area contributed by atoms with Crippen molar-refractivity contribution in [2.45, 2.75) is 0 Å². The maximum Gasteiger partial charge on any atom is 0.247 e. The Morgan fingerprint density at radius 2 is 1.93 bits per heavy atom. The molecule has 1 aromatic heterocycles. The fraction of sp³-hybridized carbons (Fsp3) is 0. The van der Waals surface area contributed by atoms with Crippen LogP contribution in [-0.2, 0) is 0 Å². The molecule has 0 aliphatic heterocycles. The Labute approximate surface area is 92.3 Å². The minimum Gasteiger partial charge on any atom is -0.618 e. The van der Waals surface area contributed by atoms with Crippen molar-refractivity contribution in [3.8, 4) is 11.3 Å². The van der Waals surface area contributed by atoms with Crippen molar-refractivity contribution in [2.24, 2.45) is 0 Å². The predicted molar refractivity (Wildman–Crippen MR) is 59.1 cm³/mol. The molecule has 2 rings (SSSR count). The van der Waals surface area contributed by atoms with Crippen molar-refractivity contribution in [1.29, 1.82) is 0 Å². The normalized spacial score (nSPS) is 10.2. The lowest BCUT2D eigenvalue weighted by Gasteiger charge is -2.06. The zero-order valence-electron chi connectivity index (χ0n) is 7.77. The molecular formula is C11H8ClN2O. The number of hydrogen-bond donors (Lipinski definition) is 1. The molecule has 1 heterocycles. The highest BCUT2D eigenvalue weighted by molar-refractivity contribution is 6.30. The highest BCUT2D eigenvalue weighted by atomic mass is 35.5. The van der Waals surface area contributed by atoms with Gasteiger partial charge < -0.3 is 10.9 Å². The number of rotatable bonds is 1. The van der Waals surface area contributed by atoms with Crippen LogP contribution in [0.25, 0.3) is 11.3 Å². The zero-order chi connectivity index (χ0) is 10.8. The van der Waals surface area contributed by atoms with Crippen molar-refractivity contribution in [2.75, 3.05) is 5.73 Å². The minimum atomic E-state index is 0.329. The number of nitrogen functional groups attached to an aromatic ring is 1. The topological polar surface area (TPSA) is 53.0 Å². The molecule has 0 unspecified atom stereocenters. The summed E-state index contributed by atoms with van der Waals surface area (Å²) in [5, 5.41) is 12.1. The van der Waals surface area contributed by atoms with E-state index in [1.807, 2.05) is 0 Å². The fourth-order valence-electron chi connectivity index (χ4n) is 1.35. The number of nitrogens with two attached hydrogens (primary N) is 1. The lowest BCUT2D eigenvalue weighted by atomic mass is 10.1. The summed E-state index contributed by atoms with van der Waals surface area (Å²) in [4.78, 5) is 0. The molecule has 4 heteroatoms. The summed E-state index contributed by atoms with van der Waals surface area (Å²) in [6.45, 7) is 0. The molecule has 0 saturated carbocycles. The van der Waals surface area contributed by atoms with E-state index in [-0.39, 0.29) is 0 Å². The third kappa shape index (κ3) is 1.87. The monoisotopic (exact) mass is 219 g/mol. The van der Waals surface area contributed by atoms with Gasteiger partial charge in [-0.25, -0.2) is 0 Å². The zero-order valence-corrected chi connectivity index (χ0v) is 8.53. The number of pyridine rings is 1. The van der Waals surface area contributed by atoms with Gasteiger partial charge in [-0.2, -0.15) is 4.73 Å². The summed E-state index contributed by atoms with van der Waals surface area (Å²) in [5.74, 6) is 0. The molecule has 15 heavy (non-hydrogen) atoms. The molecule has 0 aliphatic rings. The third-order valence-electron chi connectivity index (χ3n) is 2.04. The lowest BCUT2D eigenvalue weighted by Crippen LogP contribution is -2.29. The average molecular weight is 220 g/mol. The molecule has 2 N–H and O–H groups in total. The van der Waals surface area contributed by atoms with Crippen molar-refractivity contribution in [1.82, 2.24) is 0 Å². The van der Waals surface area contributed by atoms with Crippen LogP contribution in [0.1, 0.15) is 0 Å². The van der Waals surface area contributed by atoms with E-state index in [0.717, 1.165) is 10.3 Å². The number of anilines is 1. The van der Waals surface area contributed by atoms with Crippen LogP contribution in [0.5, 0.6) is 0 Å². The van der Waals surface area contributed by atoms with Crippen LogP contribution in [-0.4, -0.2) is 0 Å². The molecular weight excluding hydrogens is 212 g/mol. The second kappa shape index (κ2) is 3.79. The molecule has 1 aromatic carbocycles. The van der Waals surface area contributed by atoms with E-state index in [4.69, 9.17) is 17.3 Å². The smallest absolute Gasteiger partial charge is 0.247 e. The summed E-state index contributed by atoms with van der Waals surface area (Å²) < 4.78 is 0.717. The number of aromatic nitrogens is 1. The Morgan fingerprint density at radius 1 is 1.27 bits per heavy atom. The van der Waals surface area contributed by atoms with Gasteiger partial charge in [-0.1, -0.05) is 11.6 Å². The molecule has 0 saturated heterocycles. The first-order valence-electron chi connectivity index (χ1n) is 4.34. The maximum absolute atomic E-state index is 11.5. The van der Waals surface area contributed by atoms with E-state index in [1.54, 1.807) is 24.3 Å². The van der Waals surface area contributed by atoms with E-state index in [1.165, 1.54) is 12.3 Å². The highest BCUT2D eigenvalue weighted by Crippen LogP contribution is 2.22. The molecule has 0 bridgehead atoms. The van der Waals surface area contributed by atoms with Crippen LogP contribution < -0.4 is 10.5 Å². The van der Waals surface area contributed by atoms with Crippen molar-refractivity contribution < 1.29 is 4.73 Å². The van der Waals surface area contributed by atoms with Gasteiger partial charge >= 0.3 is 0 Å². The lowest BCUT2D eigenvalue weighted by molar-refractivity contribution is -0.593. The fourth-order valence-corrected chi connectivity index (χ4v) is 1.47. The molecule has 1 radical (unpaired) electrons. The number of halogens is 1. The second-order valence-corrected chi connectivity index (χ2v) is 3.49. The van der Waals surface area contributed by atoms with Gasteiger partial charge in [0.15, 0.2) is 6.20 Å². The van der Waals surface area contributed by atoms with Gasteiger partial charge in [-0.15, -0.1) is 0 Å². The molecule has 2 aromatic rings. The Balaban J connectivity index is 2.58. The van der Waals surface area contributed by atoms with Gasteiger partial charge in [-0.3, -0.25) is 0 Å². The predicted octanol–water partition coefficient (Wildman–Crippen LogP) is 2.02. The summed E-state index contributed by atoms with van der Waals surface area (Å²) >= 11 is 5.75. The van der Waals surface area contributed by atoms with Gasteiger partial charge in [0, 0.05) is 22.7 Å². The van der Waals surface area contributed by atoms with E-state index in [9.17, 15) is 5.21 Å². The number of nitrogens with zero attached hydrogens (tertiary/aromatic N) is 1. The molecule has 75 valence electrons. The van der Waals surface area contributed by atoms with Gasteiger partial charge in [-0.05, 0) is 24.3 Å². The quantitative estimate of drug-likeness (QED) is 0.589. The first kappa shape index (κ1) is 9.80. The summed E-state index contributed by atoms with van der Waals surface area (Å²) in [5.41, 5.74) is 7.13. The van der Waals surface area contributed by atoms with Crippen molar-refractivity contribution in [3.63, 3.8) is 0 Å². The van der Waals surface area contributed by atoms with Crippen molar-refractivity contribution in [3.05, 3.63) is 52.8 Å². The first-order valence-corrected chi connectivity index (χ1v) is 4.71. The minimum absolute atomic E-state index is 0.329.